The van der Waals surface area contributed by atoms with E-state index in [1.54, 1.807) is 6.26 Å². The van der Waals surface area contributed by atoms with Crippen LogP contribution < -0.4 is 5.32 Å². The van der Waals surface area contributed by atoms with E-state index in [-0.39, 0.29) is 12.0 Å². The molecule has 134 valence electrons. The van der Waals surface area contributed by atoms with Crippen molar-refractivity contribution in [1.29, 1.82) is 0 Å². The lowest BCUT2D eigenvalue weighted by Gasteiger charge is -2.35. The number of rotatable bonds is 5. The predicted molar refractivity (Wildman–Crippen MR) is 93.1 cm³/mol. The van der Waals surface area contributed by atoms with Gasteiger partial charge in [0.25, 0.3) is 5.91 Å². The van der Waals surface area contributed by atoms with E-state index in [1.165, 1.54) is 5.56 Å². The Morgan fingerprint density at radius 2 is 2.32 bits per heavy atom. The van der Waals surface area contributed by atoms with Gasteiger partial charge in [-0.25, -0.2) is 0 Å². The molecule has 2 fully saturated rings. The smallest absolute Gasteiger partial charge is 0.267 e. The Kier molecular flexibility index (Phi) is 4.63. The highest BCUT2D eigenvalue weighted by molar-refractivity contribution is 5.92. The summed E-state index contributed by atoms with van der Waals surface area (Å²) in [5.41, 5.74) is 1.91. The Hall–Kier alpha value is -2.05. The van der Waals surface area contributed by atoms with E-state index in [1.807, 2.05) is 42.3 Å². The summed E-state index contributed by atoms with van der Waals surface area (Å²) in [4.78, 5) is 14.7. The summed E-state index contributed by atoms with van der Waals surface area (Å²) >= 11 is 0. The zero-order chi connectivity index (χ0) is 17.2. The minimum Gasteiger partial charge on any atom is -0.472 e. The monoisotopic (exact) mass is 343 g/mol. The van der Waals surface area contributed by atoms with Gasteiger partial charge in [0.15, 0.2) is 0 Å². The SMILES string of the molecule is Cn1cccc1C(=O)NC[C@@H]1OC[C@H]2CN(Cc3ccoc3)CC[C@H]21. The van der Waals surface area contributed by atoms with Gasteiger partial charge in [-0.05, 0) is 37.1 Å². The summed E-state index contributed by atoms with van der Waals surface area (Å²) in [6.45, 7) is 4.44. The number of ether oxygens (including phenoxy) is 1. The van der Waals surface area contributed by atoms with Crippen molar-refractivity contribution in [1.82, 2.24) is 14.8 Å². The standard InChI is InChI=1S/C19H25N3O3/c1-21-6-2-3-17(21)19(23)20-9-18-16-4-7-22(11-15(16)13-25-18)10-14-5-8-24-12-14/h2-3,5-6,8,12,15-16,18H,4,7,9-11,13H2,1H3,(H,20,23)/t15-,16-,18+/m1/s1. The second-order valence-electron chi connectivity index (χ2n) is 7.17. The van der Waals surface area contributed by atoms with E-state index >= 15 is 0 Å². The fourth-order valence-corrected chi connectivity index (χ4v) is 4.14. The van der Waals surface area contributed by atoms with Crippen LogP contribution in [0.5, 0.6) is 0 Å². The van der Waals surface area contributed by atoms with Crippen LogP contribution in [0.25, 0.3) is 0 Å². The summed E-state index contributed by atoms with van der Waals surface area (Å²) < 4.78 is 13.0. The van der Waals surface area contributed by atoms with Crippen LogP contribution in [-0.2, 0) is 18.3 Å². The normalized spacial score (nSPS) is 26.5. The van der Waals surface area contributed by atoms with Crippen LogP contribution in [0.2, 0.25) is 0 Å². The summed E-state index contributed by atoms with van der Waals surface area (Å²) in [7, 11) is 1.88. The molecule has 6 nitrogen and oxygen atoms in total. The summed E-state index contributed by atoms with van der Waals surface area (Å²) in [6.07, 6.45) is 6.68. The number of amides is 1. The Morgan fingerprint density at radius 3 is 3.08 bits per heavy atom. The topological polar surface area (TPSA) is 59.6 Å². The molecule has 2 aliphatic rings. The van der Waals surface area contributed by atoms with E-state index in [2.05, 4.69) is 10.2 Å². The van der Waals surface area contributed by atoms with Crippen LogP contribution in [-0.4, -0.2) is 47.7 Å². The number of likely N-dealkylation sites (tertiary alicyclic amines) is 1. The van der Waals surface area contributed by atoms with E-state index in [9.17, 15) is 4.79 Å². The number of piperidine rings is 1. The van der Waals surface area contributed by atoms with Crippen LogP contribution in [0.15, 0.2) is 41.3 Å². The van der Waals surface area contributed by atoms with Gasteiger partial charge in [0.1, 0.15) is 5.69 Å². The van der Waals surface area contributed by atoms with Crippen molar-refractivity contribution in [3.63, 3.8) is 0 Å². The van der Waals surface area contributed by atoms with Crippen molar-refractivity contribution < 1.29 is 13.9 Å². The van der Waals surface area contributed by atoms with E-state index in [0.29, 0.717) is 24.1 Å². The highest BCUT2D eigenvalue weighted by atomic mass is 16.5. The number of hydrogen-bond acceptors (Lipinski definition) is 4. The van der Waals surface area contributed by atoms with Crippen molar-refractivity contribution in [3.8, 4) is 0 Å². The van der Waals surface area contributed by atoms with Crippen LogP contribution >= 0.6 is 0 Å². The van der Waals surface area contributed by atoms with E-state index in [4.69, 9.17) is 9.15 Å². The molecule has 2 saturated heterocycles. The molecule has 1 N–H and O–H groups in total. The van der Waals surface area contributed by atoms with Gasteiger partial charge >= 0.3 is 0 Å². The number of furan rings is 1. The Balaban J connectivity index is 1.28. The molecule has 0 aliphatic carbocycles. The van der Waals surface area contributed by atoms with Crippen LogP contribution in [0, 0.1) is 11.8 Å². The Bertz CT molecular complexity index is 709. The maximum absolute atomic E-state index is 12.3. The van der Waals surface area contributed by atoms with Gasteiger partial charge in [-0.15, -0.1) is 0 Å². The number of hydrogen-bond donors (Lipinski definition) is 1. The Labute approximate surface area is 147 Å². The fourth-order valence-electron chi connectivity index (χ4n) is 4.14. The Morgan fingerprint density at radius 1 is 1.40 bits per heavy atom. The molecular formula is C19H25N3O3. The highest BCUT2D eigenvalue weighted by Crippen LogP contribution is 2.34. The van der Waals surface area contributed by atoms with Gasteiger partial charge in [-0.2, -0.15) is 0 Å². The molecule has 0 aromatic carbocycles. The molecule has 0 bridgehead atoms. The minimum absolute atomic E-state index is 0.0306. The number of fused-ring (bicyclic) bond motifs is 1. The van der Waals surface area contributed by atoms with Gasteiger partial charge < -0.3 is 19.0 Å². The third-order valence-electron chi connectivity index (χ3n) is 5.51. The molecule has 0 spiro atoms. The van der Waals surface area contributed by atoms with Crippen molar-refractivity contribution in [2.75, 3.05) is 26.2 Å². The van der Waals surface area contributed by atoms with Gasteiger partial charge in [0, 0.05) is 44.4 Å². The molecule has 4 rings (SSSR count). The van der Waals surface area contributed by atoms with Gasteiger partial charge in [-0.1, -0.05) is 0 Å². The molecule has 0 radical (unpaired) electrons. The third-order valence-corrected chi connectivity index (χ3v) is 5.51. The average Bonchev–Trinajstić information content (AvgIpc) is 3.34. The lowest BCUT2D eigenvalue weighted by Crippen LogP contribution is -2.43. The molecular weight excluding hydrogens is 318 g/mol. The zero-order valence-electron chi connectivity index (χ0n) is 14.6. The number of carbonyl (C=O) groups excluding carboxylic acids is 1. The lowest BCUT2D eigenvalue weighted by atomic mass is 9.84. The lowest BCUT2D eigenvalue weighted by molar-refractivity contribution is 0.0739. The molecule has 4 heterocycles. The molecule has 2 aliphatic heterocycles. The highest BCUT2D eigenvalue weighted by Gasteiger charge is 2.40. The molecule has 25 heavy (non-hydrogen) atoms. The molecule has 0 unspecified atom stereocenters. The van der Waals surface area contributed by atoms with Crippen LogP contribution in [0.3, 0.4) is 0 Å². The van der Waals surface area contributed by atoms with E-state index < -0.39 is 0 Å². The van der Waals surface area contributed by atoms with E-state index in [0.717, 1.165) is 32.7 Å². The molecule has 1 amide bonds. The van der Waals surface area contributed by atoms with Gasteiger partial charge in [0.2, 0.25) is 0 Å². The largest absolute Gasteiger partial charge is 0.472 e. The molecule has 3 atom stereocenters. The van der Waals surface area contributed by atoms with Crippen molar-refractivity contribution in [2.45, 2.75) is 19.1 Å². The van der Waals surface area contributed by atoms with Crippen LogP contribution in [0.4, 0.5) is 0 Å². The third kappa shape index (κ3) is 3.50. The number of nitrogens with one attached hydrogen (secondary N) is 1. The molecule has 2 aromatic heterocycles. The first kappa shape index (κ1) is 16.4. The summed E-state index contributed by atoms with van der Waals surface area (Å²) in [6, 6.07) is 5.74. The summed E-state index contributed by atoms with van der Waals surface area (Å²) in [5.74, 6) is 1.06. The fraction of sp³-hybridized carbons (Fsp3) is 0.526. The second kappa shape index (κ2) is 7.06. The predicted octanol–water partition coefficient (Wildman–Crippen LogP) is 1.88. The zero-order valence-corrected chi connectivity index (χ0v) is 14.6. The molecule has 6 heteroatoms. The molecule has 2 aromatic rings. The van der Waals surface area contributed by atoms with Gasteiger partial charge in [0.05, 0.1) is 25.2 Å². The van der Waals surface area contributed by atoms with Crippen LogP contribution in [0.1, 0.15) is 22.5 Å². The van der Waals surface area contributed by atoms with Crippen molar-refractivity contribution >= 4 is 5.91 Å². The maximum Gasteiger partial charge on any atom is 0.267 e. The first-order valence-corrected chi connectivity index (χ1v) is 8.95. The second-order valence-corrected chi connectivity index (χ2v) is 7.17. The number of nitrogens with zero attached hydrogens (tertiary/aromatic N) is 2. The van der Waals surface area contributed by atoms with Crippen molar-refractivity contribution in [2.24, 2.45) is 18.9 Å². The first-order valence-electron chi connectivity index (χ1n) is 8.95. The number of carbonyl (C=O) groups is 1. The quantitative estimate of drug-likeness (QED) is 0.901. The van der Waals surface area contributed by atoms with Gasteiger partial charge in [-0.3, -0.25) is 9.69 Å². The average molecular weight is 343 g/mol. The molecule has 0 saturated carbocycles. The first-order chi connectivity index (χ1) is 12.2. The minimum atomic E-state index is -0.0306. The number of aryl methyl sites for hydroxylation is 1. The number of aromatic nitrogens is 1. The summed E-state index contributed by atoms with van der Waals surface area (Å²) in [5, 5.41) is 3.04. The van der Waals surface area contributed by atoms with Crippen molar-refractivity contribution in [3.05, 3.63) is 48.2 Å². The maximum atomic E-state index is 12.3.